The maximum atomic E-state index is 6.82. The van der Waals surface area contributed by atoms with Gasteiger partial charge in [0.25, 0.3) is 0 Å². The Bertz CT molecular complexity index is 3770. The van der Waals surface area contributed by atoms with E-state index in [1.54, 1.807) is 0 Å². The van der Waals surface area contributed by atoms with Crippen LogP contribution in [0.2, 0.25) is 0 Å². The summed E-state index contributed by atoms with van der Waals surface area (Å²) in [6.45, 7) is 0. The Morgan fingerprint density at radius 1 is 0.313 bits per heavy atom. The molecule has 1 aliphatic rings. The van der Waals surface area contributed by atoms with Crippen molar-refractivity contribution >= 4 is 49.8 Å². The lowest BCUT2D eigenvalue weighted by molar-refractivity contribution is 0.670. The molecule has 0 bridgehead atoms. The first-order valence-electron chi connectivity index (χ1n) is 23.1. The van der Waals surface area contributed by atoms with Gasteiger partial charge >= 0.3 is 0 Å². The van der Waals surface area contributed by atoms with E-state index in [9.17, 15) is 0 Å². The molecule has 2 nitrogen and oxygen atoms in total. The first-order chi connectivity index (χ1) is 33.3. The van der Waals surface area contributed by atoms with Crippen molar-refractivity contribution in [1.82, 2.24) is 0 Å². The maximum absolute atomic E-state index is 6.82. The van der Waals surface area contributed by atoms with Gasteiger partial charge in [-0.05, 0) is 79.5 Å². The van der Waals surface area contributed by atoms with Crippen molar-refractivity contribution < 1.29 is 4.42 Å². The minimum absolute atomic E-state index is 0.581. The number of fused-ring (bicyclic) bond motifs is 7. The Kier molecular flexibility index (Phi) is 9.11. The predicted molar refractivity (Wildman–Crippen MR) is 280 cm³/mol. The highest BCUT2D eigenvalue weighted by atomic mass is 16.3. The van der Waals surface area contributed by atoms with E-state index in [4.69, 9.17) is 4.42 Å². The molecule has 0 aliphatic heterocycles. The van der Waals surface area contributed by atoms with Gasteiger partial charge in [-0.15, -0.1) is 0 Å². The lowest BCUT2D eigenvalue weighted by Gasteiger charge is -2.35. The van der Waals surface area contributed by atoms with Crippen LogP contribution in [-0.4, -0.2) is 0 Å². The van der Waals surface area contributed by atoms with Crippen LogP contribution in [-0.2, 0) is 5.41 Å². The zero-order chi connectivity index (χ0) is 44.3. The van der Waals surface area contributed by atoms with Gasteiger partial charge in [-0.3, -0.25) is 0 Å². The molecule has 2 heteroatoms. The first kappa shape index (κ1) is 38.7. The van der Waals surface area contributed by atoms with Crippen LogP contribution in [0.4, 0.5) is 17.1 Å². The van der Waals surface area contributed by atoms with Gasteiger partial charge < -0.3 is 9.32 Å². The average Bonchev–Trinajstić information content (AvgIpc) is 3.94. The Labute approximate surface area is 390 Å². The SMILES string of the molecule is c1ccc(-c2ccc(-c3cccc4ccccc34)cc2N(c2ccccc2-c2cccc3c2oc2ccccc23)c2cccc3c2-c2ccccc2C3(c2ccccc2)c2ccccc2)cc1. The number of anilines is 3. The summed E-state index contributed by atoms with van der Waals surface area (Å²) in [6, 6.07) is 95.2. The highest BCUT2D eigenvalue weighted by Crippen LogP contribution is 2.60. The summed E-state index contributed by atoms with van der Waals surface area (Å²) in [5.74, 6) is 0. The van der Waals surface area contributed by atoms with Gasteiger partial charge in [0, 0.05) is 33.0 Å². The maximum Gasteiger partial charge on any atom is 0.143 e. The summed E-state index contributed by atoms with van der Waals surface area (Å²) < 4.78 is 6.82. The van der Waals surface area contributed by atoms with Gasteiger partial charge in [0.2, 0.25) is 0 Å². The highest BCUT2D eigenvalue weighted by molar-refractivity contribution is 6.12. The molecule has 0 unspecified atom stereocenters. The van der Waals surface area contributed by atoms with E-state index in [0.29, 0.717) is 0 Å². The van der Waals surface area contributed by atoms with Crippen molar-refractivity contribution in [1.29, 1.82) is 0 Å². The molecule has 0 atom stereocenters. The molecule has 0 fully saturated rings. The summed E-state index contributed by atoms with van der Waals surface area (Å²) in [5, 5.41) is 4.64. The Hall–Kier alpha value is -8.72. The summed E-state index contributed by atoms with van der Waals surface area (Å²) >= 11 is 0. The fourth-order valence-electron chi connectivity index (χ4n) is 11.1. The Morgan fingerprint density at radius 3 is 1.67 bits per heavy atom. The van der Waals surface area contributed by atoms with E-state index in [1.807, 2.05) is 6.07 Å². The molecule has 0 spiro atoms. The lowest BCUT2D eigenvalue weighted by atomic mass is 9.68. The second kappa shape index (κ2) is 15.8. The monoisotopic (exact) mass is 853 g/mol. The minimum atomic E-state index is -0.581. The van der Waals surface area contributed by atoms with E-state index < -0.39 is 5.41 Å². The van der Waals surface area contributed by atoms with Crippen molar-refractivity contribution in [3.8, 4) is 44.5 Å². The minimum Gasteiger partial charge on any atom is -0.455 e. The number of nitrogens with zero attached hydrogens (tertiary/aromatic N) is 1. The van der Waals surface area contributed by atoms with Crippen molar-refractivity contribution in [2.75, 3.05) is 4.90 Å². The second-order valence-corrected chi connectivity index (χ2v) is 17.5. The molecule has 1 aliphatic carbocycles. The molecule has 67 heavy (non-hydrogen) atoms. The van der Waals surface area contributed by atoms with Crippen molar-refractivity contribution in [2.24, 2.45) is 0 Å². The molecule has 1 aromatic heterocycles. The zero-order valence-corrected chi connectivity index (χ0v) is 36.7. The van der Waals surface area contributed by atoms with Crippen LogP contribution in [0.5, 0.6) is 0 Å². The summed E-state index contributed by atoms with van der Waals surface area (Å²) in [4.78, 5) is 2.55. The summed E-state index contributed by atoms with van der Waals surface area (Å²) in [7, 11) is 0. The molecule has 13 rings (SSSR count). The normalized spacial score (nSPS) is 12.6. The van der Waals surface area contributed by atoms with E-state index in [2.05, 4.69) is 260 Å². The smallest absolute Gasteiger partial charge is 0.143 e. The van der Waals surface area contributed by atoms with Crippen LogP contribution in [0, 0.1) is 0 Å². The topological polar surface area (TPSA) is 16.4 Å². The fraction of sp³-hybridized carbons (Fsp3) is 0.0154. The van der Waals surface area contributed by atoms with Gasteiger partial charge in [-0.25, -0.2) is 0 Å². The van der Waals surface area contributed by atoms with E-state index in [1.165, 1.54) is 49.7 Å². The van der Waals surface area contributed by atoms with Crippen LogP contribution in [0.15, 0.2) is 265 Å². The van der Waals surface area contributed by atoms with Crippen molar-refractivity contribution in [3.63, 3.8) is 0 Å². The van der Waals surface area contributed by atoms with Gasteiger partial charge in [0.15, 0.2) is 0 Å². The first-order valence-corrected chi connectivity index (χ1v) is 23.1. The van der Waals surface area contributed by atoms with E-state index in [-0.39, 0.29) is 0 Å². The summed E-state index contributed by atoms with van der Waals surface area (Å²) in [6.07, 6.45) is 0. The van der Waals surface area contributed by atoms with Crippen molar-refractivity contribution in [2.45, 2.75) is 5.41 Å². The number of furan rings is 1. The lowest BCUT2D eigenvalue weighted by Crippen LogP contribution is -2.28. The zero-order valence-electron chi connectivity index (χ0n) is 36.7. The third kappa shape index (κ3) is 6.04. The quantitative estimate of drug-likeness (QED) is 0.151. The van der Waals surface area contributed by atoms with E-state index >= 15 is 0 Å². The number of para-hydroxylation sites is 3. The van der Waals surface area contributed by atoms with Crippen LogP contribution >= 0.6 is 0 Å². The number of hydrogen-bond donors (Lipinski definition) is 0. The van der Waals surface area contributed by atoms with Crippen LogP contribution in [0.25, 0.3) is 77.2 Å². The molecule has 0 saturated heterocycles. The van der Waals surface area contributed by atoms with Gasteiger partial charge in [0.05, 0.1) is 22.5 Å². The molecular formula is C65H43NO. The van der Waals surface area contributed by atoms with Crippen molar-refractivity contribution in [3.05, 3.63) is 283 Å². The molecular weight excluding hydrogens is 811 g/mol. The van der Waals surface area contributed by atoms with Crippen LogP contribution < -0.4 is 4.90 Å². The number of rotatable bonds is 8. The van der Waals surface area contributed by atoms with Gasteiger partial charge in [-0.1, -0.05) is 237 Å². The Balaban J connectivity index is 1.17. The largest absolute Gasteiger partial charge is 0.455 e. The highest BCUT2D eigenvalue weighted by Gasteiger charge is 2.47. The molecule has 11 aromatic carbocycles. The van der Waals surface area contributed by atoms with Gasteiger partial charge in [-0.2, -0.15) is 0 Å². The molecule has 0 amide bonds. The molecule has 0 saturated carbocycles. The second-order valence-electron chi connectivity index (χ2n) is 17.5. The third-order valence-corrected chi connectivity index (χ3v) is 14.0. The molecule has 0 N–H and O–H groups in total. The average molecular weight is 854 g/mol. The van der Waals surface area contributed by atoms with Crippen LogP contribution in [0.3, 0.4) is 0 Å². The van der Waals surface area contributed by atoms with Gasteiger partial charge in [0.1, 0.15) is 11.2 Å². The number of benzene rings is 11. The van der Waals surface area contributed by atoms with E-state index in [0.717, 1.165) is 66.8 Å². The third-order valence-electron chi connectivity index (χ3n) is 14.0. The van der Waals surface area contributed by atoms with Crippen LogP contribution in [0.1, 0.15) is 22.3 Å². The predicted octanol–water partition coefficient (Wildman–Crippen LogP) is 17.6. The summed E-state index contributed by atoms with van der Waals surface area (Å²) in [5.41, 5.74) is 18.5. The number of hydrogen-bond acceptors (Lipinski definition) is 2. The molecule has 0 radical (unpaired) electrons. The Morgan fingerprint density at radius 2 is 0.866 bits per heavy atom. The standard InChI is InChI=1S/C65H43NO/c1-4-21-45(22-5-1)51-42-41-46(50-33-18-24-44-23-10-11-29-49(44)50)43-61(51)66(59-38-16-13-30-52(59)54-34-19-35-55-53-31-14-17-40-62(53)67-64(54)55)60-39-20-37-58-63(60)56-32-12-15-36-57(56)65(58,47-25-6-2-7-26-47)48-27-8-3-9-28-48/h1-43H. The molecule has 12 aromatic rings. The fourth-order valence-corrected chi connectivity index (χ4v) is 11.1. The molecule has 314 valence electrons. The molecule has 1 heterocycles.